The van der Waals surface area contributed by atoms with Crippen molar-refractivity contribution >= 4 is 18.2 Å². The van der Waals surface area contributed by atoms with Crippen molar-refractivity contribution in [3.63, 3.8) is 0 Å². The van der Waals surface area contributed by atoms with Crippen molar-refractivity contribution in [2.75, 3.05) is 0 Å². The SMILES string of the molecule is NC(=O)NN=Cc1ccc(-c2ccccc2C(=O)O)o1. The van der Waals surface area contributed by atoms with Crippen molar-refractivity contribution in [3.8, 4) is 11.3 Å². The summed E-state index contributed by atoms with van der Waals surface area (Å²) < 4.78 is 5.44. The summed E-state index contributed by atoms with van der Waals surface area (Å²) in [6.45, 7) is 0. The molecule has 7 nitrogen and oxygen atoms in total. The second-order valence-electron chi connectivity index (χ2n) is 3.79. The zero-order valence-electron chi connectivity index (χ0n) is 10.2. The number of nitrogens with zero attached hydrogens (tertiary/aromatic N) is 1. The molecule has 0 bridgehead atoms. The first-order chi connectivity index (χ1) is 9.58. The van der Waals surface area contributed by atoms with Crippen molar-refractivity contribution in [1.29, 1.82) is 0 Å². The molecule has 0 aliphatic heterocycles. The predicted octanol–water partition coefficient (Wildman–Crippen LogP) is 1.65. The molecule has 2 amide bonds. The van der Waals surface area contributed by atoms with E-state index >= 15 is 0 Å². The topological polar surface area (TPSA) is 118 Å². The number of benzene rings is 1. The first-order valence-corrected chi connectivity index (χ1v) is 5.59. The van der Waals surface area contributed by atoms with Crippen LogP contribution in [0.4, 0.5) is 4.79 Å². The smallest absolute Gasteiger partial charge is 0.336 e. The number of nitrogens with one attached hydrogen (secondary N) is 1. The second-order valence-corrected chi connectivity index (χ2v) is 3.79. The highest BCUT2D eigenvalue weighted by Crippen LogP contribution is 2.25. The zero-order valence-corrected chi connectivity index (χ0v) is 10.2. The number of rotatable bonds is 4. The Bertz CT molecular complexity index is 676. The lowest BCUT2D eigenvalue weighted by molar-refractivity contribution is 0.0697. The van der Waals surface area contributed by atoms with Gasteiger partial charge < -0.3 is 15.3 Å². The van der Waals surface area contributed by atoms with Crippen molar-refractivity contribution in [3.05, 3.63) is 47.7 Å². The van der Waals surface area contributed by atoms with E-state index in [2.05, 4.69) is 5.10 Å². The van der Waals surface area contributed by atoms with E-state index in [0.717, 1.165) is 0 Å². The summed E-state index contributed by atoms with van der Waals surface area (Å²) in [5.74, 6) is -0.292. The molecule has 20 heavy (non-hydrogen) atoms. The molecule has 0 unspecified atom stereocenters. The highest BCUT2D eigenvalue weighted by atomic mass is 16.4. The van der Waals surface area contributed by atoms with E-state index < -0.39 is 12.0 Å². The standard InChI is InChI=1S/C13H11N3O4/c14-13(19)16-15-7-8-5-6-11(20-8)9-3-1-2-4-10(9)12(17)18/h1-7H,(H,17,18)(H3,14,16,19). The molecule has 1 heterocycles. The molecule has 7 heteroatoms. The van der Waals surface area contributed by atoms with E-state index in [-0.39, 0.29) is 5.56 Å². The molecule has 0 atom stereocenters. The Morgan fingerprint density at radius 3 is 2.70 bits per heavy atom. The maximum absolute atomic E-state index is 11.1. The summed E-state index contributed by atoms with van der Waals surface area (Å²) in [5, 5.41) is 12.7. The number of carboxylic acids is 1. The van der Waals surface area contributed by atoms with Gasteiger partial charge in [0, 0.05) is 5.56 Å². The summed E-state index contributed by atoms with van der Waals surface area (Å²) in [5.41, 5.74) is 7.47. The Balaban J connectivity index is 2.27. The molecule has 0 aliphatic rings. The number of hydrogen-bond acceptors (Lipinski definition) is 4. The van der Waals surface area contributed by atoms with Crippen LogP contribution in [0.25, 0.3) is 11.3 Å². The predicted molar refractivity (Wildman–Crippen MR) is 71.4 cm³/mol. The molecule has 4 N–H and O–H groups in total. The number of carbonyl (C=O) groups excluding carboxylic acids is 1. The monoisotopic (exact) mass is 273 g/mol. The lowest BCUT2D eigenvalue weighted by Crippen LogP contribution is -2.24. The molecule has 0 aliphatic carbocycles. The largest absolute Gasteiger partial charge is 0.478 e. The van der Waals surface area contributed by atoms with Gasteiger partial charge in [-0.25, -0.2) is 15.0 Å². The Kier molecular flexibility index (Phi) is 3.80. The average molecular weight is 273 g/mol. The van der Waals surface area contributed by atoms with E-state index in [0.29, 0.717) is 17.1 Å². The Morgan fingerprint density at radius 1 is 1.25 bits per heavy atom. The van der Waals surface area contributed by atoms with Gasteiger partial charge in [0.05, 0.1) is 11.8 Å². The summed E-state index contributed by atoms with van der Waals surface area (Å²) in [7, 11) is 0. The third-order valence-corrected chi connectivity index (χ3v) is 2.42. The van der Waals surface area contributed by atoms with E-state index in [1.165, 1.54) is 12.3 Å². The molecule has 0 radical (unpaired) electrons. The number of primary amides is 1. The van der Waals surface area contributed by atoms with Crippen LogP contribution in [0, 0.1) is 0 Å². The lowest BCUT2D eigenvalue weighted by atomic mass is 10.1. The first kappa shape index (κ1) is 13.3. The number of amides is 2. The number of carboxylic acid groups (broad SMARTS) is 1. The Hall–Kier alpha value is -3.09. The quantitative estimate of drug-likeness (QED) is 0.579. The van der Waals surface area contributed by atoms with Gasteiger partial charge in [-0.05, 0) is 18.2 Å². The van der Waals surface area contributed by atoms with Crippen LogP contribution in [-0.4, -0.2) is 23.3 Å². The van der Waals surface area contributed by atoms with Crippen LogP contribution >= 0.6 is 0 Å². The van der Waals surface area contributed by atoms with Crippen LogP contribution < -0.4 is 11.2 Å². The third-order valence-electron chi connectivity index (χ3n) is 2.42. The molecule has 2 rings (SSSR count). The molecule has 2 aromatic rings. The maximum atomic E-state index is 11.1. The van der Waals surface area contributed by atoms with E-state index in [9.17, 15) is 9.59 Å². The molecule has 0 fully saturated rings. The molecular weight excluding hydrogens is 262 g/mol. The number of nitrogens with two attached hydrogens (primary N) is 1. The van der Waals surface area contributed by atoms with E-state index in [1.54, 1.807) is 30.3 Å². The van der Waals surface area contributed by atoms with Gasteiger partial charge in [-0.1, -0.05) is 18.2 Å². The van der Waals surface area contributed by atoms with Gasteiger partial charge in [-0.3, -0.25) is 0 Å². The molecule has 0 saturated heterocycles. The molecule has 102 valence electrons. The fraction of sp³-hybridized carbons (Fsp3) is 0. The summed E-state index contributed by atoms with van der Waals surface area (Å²) in [6, 6.07) is 8.91. The highest BCUT2D eigenvalue weighted by Gasteiger charge is 2.13. The number of aromatic carboxylic acids is 1. The van der Waals surface area contributed by atoms with Crippen LogP contribution in [0.15, 0.2) is 45.9 Å². The van der Waals surface area contributed by atoms with Gasteiger partial charge in [0.15, 0.2) is 0 Å². The van der Waals surface area contributed by atoms with Crippen molar-refractivity contribution in [1.82, 2.24) is 5.43 Å². The van der Waals surface area contributed by atoms with Gasteiger partial charge in [-0.15, -0.1) is 0 Å². The highest BCUT2D eigenvalue weighted by molar-refractivity contribution is 5.95. The number of hydrazone groups is 1. The minimum absolute atomic E-state index is 0.139. The van der Waals surface area contributed by atoms with Gasteiger partial charge in [0.1, 0.15) is 11.5 Å². The Morgan fingerprint density at radius 2 is 2.00 bits per heavy atom. The molecule has 0 spiro atoms. The average Bonchev–Trinajstić information content (AvgIpc) is 2.87. The summed E-state index contributed by atoms with van der Waals surface area (Å²) in [4.78, 5) is 21.6. The van der Waals surface area contributed by atoms with Gasteiger partial charge in [0.25, 0.3) is 0 Å². The van der Waals surface area contributed by atoms with E-state index in [1.807, 2.05) is 5.43 Å². The lowest BCUT2D eigenvalue weighted by Gasteiger charge is -2.01. The fourth-order valence-corrected chi connectivity index (χ4v) is 1.61. The second kappa shape index (κ2) is 5.70. The number of furan rings is 1. The van der Waals surface area contributed by atoms with Gasteiger partial charge in [-0.2, -0.15) is 5.10 Å². The number of hydrogen-bond donors (Lipinski definition) is 3. The fourth-order valence-electron chi connectivity index (χ4n) is 1.61. The van der Waals surface area contributed by atoms with Crippen LogP contribution in [0.5, 0.6) is 0 Å². The van der Waals surface area contributed by atoms with Crippen molar-refractivity contribution in [2.24, 2.45) is 10.8 Å². The van der Waals surface area contributed by atoms with Crippen molar-refractivity contribution < 1.29 is 19.1 Å². The minimum atomic E-state index is -1.04. The minimum Gasteiger partial charge on any atom is -0.478 e. The first-order valence-electron chi connectivity index (χ1n) is 5.59. The normalized spacial score (nSPS) is 10.6. The Labute approximate surface area is 113 Å². The maximum Gasteiger partial charge on any atom is 0.336 e. The van der Waals surface area contributed by atoms with Gasteiger partial charge >= 0.3 is 12.0 Å². The van der Waals surface area contributed by atoms with Crippen LogP contribution in [-0.2, 0) is 0 Å². The molecule has 0 saturated carbocycles. The third kappa shape index (κ3) is 3.02. The zero-order chi connectivity index (χ0) is 14.5. The number of carbonyl (C=O) groups is 2. The van der Waals surface area contributed by atoms with Crippen LogP contribution in [0.2, 0.25) is 0 Å². The summed E-state index contributed by atoms with van der Waals surface area (Å²) in [6.07, 6.45) is 1.26. The van der Waals surface area contributed by atoms with Crippen LogP contribution in [0.1, 0.15) is 16.1 Å². The molecule has 1 aromatic heterocycles. The van der Waals surface area contributed by atoms with Gasteiger partial charge in [0.2, 0.25) is 0 Å². The number of urea groups is 1. The van der Waals surface area contributed by atoms with Crippen LogP contribution in [0.3, 0.4) is 0 Å². The summed E-state index contributed by atoms with van der Waals surface area (Å²) >= 11 is 0. The van der Waals surface area contributed by atoms with Crippen molar-refractivity contribution in [2.45, 2.75) is 0 Å². The molecular formula is C13H11N3O4. The van der Waals surface area contributed by atoms with E-state index in [4.69, 9.17) is 15.3 Å². The molecule has 1 aromatic carbocycles.